The largest absolute Gasteiger partial charge is 0.440 e. The summed E-state index contributed by atoms with van der Waals surface area (Å²) >= 11 is 0. The first-order valence-electron chi connectivity index (χ1n) is 28.5. The van der Waals surface area contributed by atoms with Crippen molar-refractivity contribution in [2.24, 2.45) is 11.8 Å². The predicted octanol–water partition coefficient (Wildman–Crippen LogP) is 18.0. The minimum absolute atomic E-state index is 0.0420. The Bertz CT molecular complexity index is 3920. The van der Waals surface area contributed by atoms with Gasteiger partial charge in [-0.25, -0.2) is 0 Å². The van der Waals surface area contributed by atoms with Crippen LogP contribution in [0.2, 0.25) is 0 Å². The van der Waals surface area contributed by atoms with Gasteiger partial charge in [-0.1, -0.05) is 169 Å². The van der Waals surface area contributed by atoms with Crippen LogP contribution < -0.4 is 15.8 Å². The molecule has 0 amide bonds. The Balaban J connectivity index is 1.06. The number of nitrogens with zero attached hydrogens (tertiary/aromatic N) is 2. The Kier molecular flexibility index (Phi) is 9.35. The van der Waals surface area contributed by atoms with Gasteiger partial charge in [-0.3, -0.25) is 4.90 Å². The van der Waals surface area contributed by atoms with E-state index >= 15 is 0 Å². The van der Waals surface area contributed by atoms with Crippen molar-refractivity contribution in [3.63, 3.8) is 0 Å². The molecule has 16 rings (SSSR count). The van der Waals surface area contributed by atoms with E-state index in [-0.39, 0.29) is 23.1 Å². The molecule has 0 saturated heterocycles. The highest BCUT2D eigenvalue weighted by molar-refractivity contribution is 6.91. The van der Waals surface area contributed by atoms with E-state index < -0.39 is 0 Å². The zero-order valence-corrected chi connectivity index (χ0v) is 43.4. The van der Waals surface area contributed by atoms with Gasteiger partial charge in [0.05, 0.1) is 5.69 Å². The molecule has 0 radical (unpaired) electrons. The SMILES string of the molecule is CC(C)(C)c1ccc(N2c3cc(-c4ccccc4)cc4c3B(c3c2oc2cc5ccccc5cc32)n2c3ccc(C56CCCC(CCC5)C6)cc3c3cc(C56CCCC(CCC5)C6)cc-4c32)c(-c2ccccc2)c1. The maximum atomic E-state index is 7.62. The van der Waals surface area contributed by atoms with Gasteiger partial charge in [0.2, 0.25) is 5.88 Å². The van der Waals surface area contributed by atoms with E-state index in [2.05, 4.69) is 188 Å². The molecule has 10 aromatic rings. The number of fused-ring (bicyclic) bond motifs is 14. The molecule has 6 aliphatic rings. The molecule has 74 heavy (non-hydrogen) atoms. The lowest BCUT2D eigenvalue weighted by Crippen LogP contribution is -2.56. The van der Waals surface area contributed by atoms with E-state index in [0.29, 0.717) is 0 Å². The van der Waals surface area contributed by atoms with Crippen molar-refractivity contribution in [3.05, 3.63) is 174 Å². The topological polar surface area (TPSA) is 21.3 Å². The average molecular weight is 961 g/mol. The molecule has 4 saturated carbocycles. The molecule has 4 heterocycles. The van der Waals surface area contributed by atoms with Gasteiger partial charge >= 0.3 is 6.85 Å². The molecule has 4 aliphatic carbocycles. The molecular formula is C70H65BN2O. The Labute approximate surface area is 436 Å². The highest BCUT2D eigenvalue weighted by atomic mass is 16.4. The average Bonchev–Trinajstić information content (AvgIpc) is 3.96. The molecule has 4 bridgehead atoms. The molecule has 0 spiro atoms. The van der Waals surface area contributed by atoms with Crippen LogP contribution in [0.3, 0.4) is 0 Å². The van der Waals surface area contributed by atoms with Crippen LogP contribution in [0.25, 0.3) is 76.9 Å². The van der Waals surface area contributed by atoms with E-state index in [1.54, 1.807) is 11.1 Å². The zero-order chi connectivity index (χ0) is 49.1. The van der Waals surface area contributed by atoms with Crippen molar-refractivity contribution in [1.82, 2.24) is 4.48 Å². The lowest BCUT2D eigenvalue weighted by Gasteiger charge is -2.46. The van der Waals surface area contributed by atoms with Gasteiger partial charge in [0.15, 0.2) is 0 Å². The second-order valence-electron chi connectivity index (χ2n) is 25.2. The molecule has 4 heteroatoms. The fraction of sp³-hybridized carbons (Fsp3) is 0.314. The molecular weight excluding hydrogens is 896 g/mol. The second kappa shape index (κ2) is 15.9. The summed E-state index contributed by atoms with van der Waals surface area (Å²) in [4.78, 5) is 2.56. The van der Waals surface area contributed by atoms with Crippen molar-refractivity contribution >= 4 is 78.6 Å². The molecule has 0 atom stereocenters. The molecule has 364 valence electrons. The number of furan rings is 1. The van der Waals surface area contributed by atoms with Crippen LogP contribution in [-0.4, -0.2) is 11.3 Å². The third-order valence-electron chi connectivity index (χ3n) is 20.1. The first-order valence-corrected chi connectivity index (χ1v) is 28.5. The van der Waals surface area contributed by atoms with Crippen LogP contribution in [0.15, 0.2) is 162 Å². The summed E-state index contributed by atoms with van der Waals surface area (Å²) in [5.74, 6) is 2.62. The number of anilines is 3. The van der Waals surface area contributed by atoms with Crippen LogP contribution in [0.4, 0.5) is 17.3 Å². The van der Waals surface area contributed by atoms with E-state index in [1.807, 2.05) is 0 Å². The van der Waals surface area contributed by atoms with Crippen molar-refractivity contribution in [2.45, 2.75) is 127 Å². The molecule has 8 aromatic carbocycles. The van der Waals surface area contributed by atoms with E-state index in [0.717, 1.165) is 29.0 Å². The Morgan fingerprint density at radius 1 is 0.500 bits per heavy atom. The zero-order valence-electron chi connectivity index (χ0n) is 43.4. The van der Waals surface area contributed by atoms with Crippen LogP contribution >= 0.6 is 0 Å². The number of rotatable bonds is 5. The van der Waals surface area contributed by atoms with Gasteiger partial charge in [-0.05, 0) is 182 Å². The lowest BCUT2D eigenvalue weighted by atomic mass is 9.45. The standard InChI is InChI=1S/C70H65BN2O/c1-68(2,3)51-26-28-60(54(38-51)47-22-8-5-9-23-47)72-62-36-50(46-20-6-4-7-21-46)35-56-58-41-53(70-32-14-18-45(43-70)19-15-33-70)40-57-55-39-52(69-30-12-16-44(42-69)17-13-31-69)27-29-61(55)73(66(57)58)71(64(56)62)65-59-34-48-24-10-11-25-49(48)37-63(59)74-67(65)72/h4-11,20-29,34-41,44-45H,12-19,30-33,42-43H2,1-3H3. The van der Waals surface area contributed by atoms with Gasteiger partial charge in [-0.15, -0.1) is 0 Å². The molecule has 2 aliphatic heterocycles. The normalized spacial score (nSPS) is 22.9. The fourth-order valence-electron chi connectivity index (χ4n) is 16.6. The van der Waals surface area contributed by atoms with Crippen molar-refractivity contribution in [1.29, 1.82) is 0 Å². The summed E-state index contributed by atoms with van der Waals surface area (Å²) < 4.78 is 10.4. The van der Waals surface area contributed by atoms with Crippen LogP contribution in [0, 0.1) is 11.8 Å². The maximum absolute atomic E-state index is 7.62. The van der Waals surface area contributed by atoms with Crippen LogP contribution in [0.1, 0.15) is 127 Å². The highest BCUT2D eigenvalue weighted by Crippen LogP contribution is 2.57. The van der Waals surface area contributed by atoms with E-state index in [4.69, 9.17) is 4.42 Å². The Morgan fingerprint density at radius 3 is 1.82 bits per heavy atom. The van der Waals surface area contributed by atoms with Gasteiger partial charge in [0.25, 0.3) is 0 Å². The molecule has 0 N–H and O–H groups in total. The first-order chi connectivity index (χ1) is 36.2. The van der Waals surface area contributed by atoms with E-state index in [9.17, 15) is 0 Å². The lowest BCUT2D eigenvalue weighted by molar-refractivity contribution is 0.149. The maximum Gasteiger partial charge on any atom is 0.337 e. The summed E-state index contributed by atoms with van der Waals surface area (Å²) in [6.07, 6.45) is 18.9. The third kappa shape index (κ3) is 6.33. The quantitative estimate of drug-likeness (QED) is 0.160. The summed E-state index contributed by atoms with van der Waals surface area (Å²) in [5.41, 5.74) is 21.3. The van der Waals surface area contributed by atoms with Crippen LogP contribution in [-0.2, 0) is 16.2 Å². The summed E-state index contributed by atoms with van der Waals surface area (Å²) in [6.45, 7) is 6.88. The number of hydrogen-bond donors (Lipinski definition) is 0. The first kappa shape index (κ1) is 43.6. The third-order valence-corrected chi connectivity index (χ3v) is 20.1. The summed E-state index contributed by atoms with van der Waals surface area (Å²) in [5, 5.41) is 6.54. The van der Waals surface area contributed by atoms with E-state index in [1.165, 1.54) is 183 Å². The van der Waals surface area contributed by atoms with Crippen molar-refractivity contribution in [2.75, 3.05) is 4.90 Å². The smallest absolute Gasteiger partial charge is 0.337 e. The van der Waals surface area contributed by atoms with Gasteiger partial charge in [-0.2, -0.15) is 0 Å². The number of benzene rings is 8. The predicted molar refractivity (Wildman–Crippen MR) is 312 cm³/mol. The number of aromatic nitrogens is 1. The Hall–Kier alpha value is -6.78. The molecule has 3 nitrogen and oxygen atoms in total. The Morgan fingerprint density at radius 2 is 1.14 bits per heavy atom. The molecule has 2 aromatic heterocycles. The summed E-state index contributed by atoms with van der Waals surface area (Å²) in [7, 11) is 0. The highest BCUT2D eigenvalue weighted by Gasteiger charge is 2.49. The second-order valence-corrected chi connectivity index (χ2v) is 25.2. The van der Waals surface area contributed by atoms with Gasteiger partial charge < -0.3 is 8.90 Å². The molecule has 0 unspecified atom stereocenters. The van der Waals surface area contributed by atoms with Crippen LogP contribution in [0.5, 0.6) is 0 Å². The van der Waals surface area contributed by atoms with Crippen molar-refractivity contribution in [3.8, 4) is 33.4 Å². The van der Waals surface area contributed by atoms with Gasteiger partial charge in [0, 0.05) is 49.5 Å². The minimum Gasteiger partial charge on any atom is -0.440 e. The monoisotopic (exact) mass is 961 g/mol. The summed E-state index contributed by atoms with van der Waals surface area (Å²) in [6, 6.07) is 61.7. The van der Waals surface area contributed by atoms with Crippen molar-refractivity contribution < 1.29 is 4.42 Å². The van der Waals surface area contributed by atoms with Gasteiger partial charge in [0.1, 0.15) is 5.58 Å². The fourth-order valence-corrected chi connectivity index (χ4v) is 16.6. The molecule has 4 fully saturated rings. The minimum atomic E-state index is -0.129. The number of hydrogen-bond acceptors (Lipinski definition) is 2.